The molecule has 0 saturated heterocycles. The molecule has 0 bridgehead atoms. The molecule has 0 atom stereocenters. The van der Waals surface area contributed by atoms with Crippen molar-refractivity contribution in [2.75, 3.05) is 0 Å². The molecule has 29 heavy (non-hydrogen) atoms. The molecule has 1 nitrogen and oxygen atoms in total. The molecule has 0 aromatic heterocycles. The summed E-state index contributed by atoms with van der Waals surface area (Å²) in [5.41, 5.74) is 0.676. The van der Waals surface area contributed by atoms with Crippen molar-refractivity contribution >= 4 is 0 Å². The van der Waals surface area contributed by atoms with Crippen molar-refractivity contribution in [2.24, 2.45) is 23.7 Å². The third-order valence-electron chi connectivity index (χ3n) is 6.71. The van der Waals surface area contributed by atoms with Gasteiger partial charge in [0.1, 0.15) is 5.75 Å². The molecule has 2 aliphatic rings. The predicted molar refractivity (Wildman–Crippen MR) is 110 cm³/mol. The van der Waals surface area contributed by atoms with Gasteiger partial charge in [0.05, 0.1) is 0 Å². The first kappa shape index (κ1) is 21.8. The minimum atomic E-state index is -4.66. The highest BCUT2D eigenvalue weighted by Crippen LogP contribution is 2.42. The Labute approximate surface area is 172 Å². The summed E-state index contributed by atoms with van der Waals surface area (Å²) < 4.78 is 40.4. The monoisotopic (exact) mass is 404 g/mol. The molecule has 0 amide bonds. The summed E-state index contributed by atoms with van der Waals surface area (Å²) in [6, 6.07) is 5.66. The minimum absolute atomic E-state index is 0.224. The van der Waals surface area contributed by atoms with E-state index in [4.69, 9.17) is 0 Å². The van der Waals surface area contributed by atoms with Crippen LogP contribution in [-0.4, -0.2) is 6.36 Å². The van der Waals surface area contributed by atoms with Crippen LogP contribution in [-0.2, 0) is 0 Å². The zero-order valence-corrected chi connectivity index (χ0v) is 17.2. The van der Waals surface area contributed by atoms with E-state index in [1.165, 1.54) is 69.9 Å². The third-order valence-corrected chi connectivity index (χ3v) is 6.71. The first-order valence-electron chi connectivity index (χ1n) is 11.0. The van der Waals surface area contributed by atoms with E-state index in [9.17, 15) is 13.2 Å². The van der Waals surface area contributed by atoms with Gasteiger partial charge in [0.2, 0.25) is 0 Å². The fourth-order valence-corrected chi connectivity index (χ4v) is 4.93. The van der Waals surface area contributed by atoms with Crippen LogP contribution in [0.1, 0.15) is 70.3 Å². The van der Waals surface area contributed by atoms with Crippen molar-refractivity contribution in [2.45, 2.75) is 71.1 Å². The molecule has 1 aromatic rings. The lowest BCUT2D eigenvalue weighted by Gasteiger charge is -2.37. The summed E-state index contributed by atoms with van der Waals surface area (Å²) in [4.78, 5) is 0. The van der Waals surface area contributed by atoms with Crippen LogP contribution in [0.5, 0.6) is 5.75 Å². The largest absolute Gasteiger partial charge is 0.573 e. The maximum absolute atomic E-state index is 12.2. The van der Waals surface area contributed by atoms with Gasteiger partial charge < -0.3 is 4.74 Å². The van der Waals surface area contributed by atoms with Crippen LogP contribution in [0.2, 0.25) is 0 Å². The highest BCUT2D eigenvalue weighted by molar-refractivity contribution is 5.40. The van der Waals surface area contributed by atoms with Crippen LogP contribution in [0.25, 0.3) is 0 Å². The van der Waals surface area contributed by atoms with E-state index in [-0.39, 0.29) is 5.75 Å². The Bertz CT molecular complexity index is 707. The topological polar surface area (TPSA) is 9.23 Å². The Balaban J connectivity index is 1.41. The molecule has 0 heterocycles. The van der Waals surface area contributed by atoms with Gasteiger partial charge in [-0.15, -0.1) is 13.2 Å². The van der Waals surface area contributed by atoms with Crippen molar-refractivity contribution < 1.29 is 17.9 Å². The number of benzene rings is 1. The summed E-state index contributed by atoms with van der Waals surface area (Å²) in [5.74, 6) is 9.20. The van der Waals surface area contributed by atoms with Gasteiger partial charge in [-0.05, 0) is 92.5 Å². The Morgan fingerprint density at radius 1 is 0.931 bits per heavy atom. The third kappa shape index (κ3) is 7.14. The van der Waals surface area contributed by atoms with Crippen LogP contribution >= 0.6 is 0 Å². The van der Waals surface area contributed by atoms with Gasteiger partial charge in [0.25, 0.3) is 0 Å². The highest BCUT2D eigenvalue weighted by Gasteiger charge is 2.31. The van der Waals surface area contributed by atoms with Gasteiger partial charge in [-0.25, -0.2) is 0 Å². The zero-order chi connectivity index (χ0) is 20.7. The number of hydrogen-bond donors (Lipinski definition) is 0. The molecule has 0 N–H and O–H groups in total. The normalized spacial score (nSPS) is 28.0. The molecule has 158 valence electrons. The average Bonchev–Trinajstić information content (AvgIpc) is 2.72. The molecular weight excluding hydrogens is 373 g/mol. The Morgan fingerprint density at radius 2 is 1.52 bits per heavy atom. The molecule has 1 aromatic carbocycles. The van der Waals surface area contributed by atoms with Crippen LogP contribution in [0, 0.1) is 35.5 Å². The standard InChI is InChI=1S/C25H31F3O/c1-2-19-7-13-22(14-8-19)23-15-9-20(10-16-23)5-3-4-6-21-11-17-24(18-12-21)29-25(26,27)28/h3,5,11-12,17-20,22-23H,2,7-10,13-16H2,1H3. The summed E-state index contributed by atoms with van der Waals surface area (Å²) >= 11 is 0. The summed E-state index contributed by atoms with van der Waals surface area (Å²) in [5, 5.41) is 0. The lowest BCUT2D eigenvalue weighted by Crippen LogP contribution is -2.25. The van der Waals surface area contributed by atoms with Crippen molar-refractivity contribution in [1.82, 2.24) is 0 Å². The van der Waals surface area contributed by atoms with Crippen LogP contribution < -0.4 is 4.74 Å². The predicted octanol–water partition coefficient (Wildman–Crippen LogP) is 7.52. The SMILES string of the molecule is CCC1CCC(C2CCC(C=CC#Cc3ccc(OC(F)(F)F)cc3)CC2)CC1. The van der Waals surface area contributed by atoms with E-state index in [2.05, 4.69) is 29.6 Å². The minimum Gasteiger partial charge on any atom is -0.406 e. The summed E-state index contributed by atoms with van der Waals surface area (Å²) in [6.45, 7) is 2.32. The first-order valence-corrected chi connectivity index (χ1v) is 11.0. The molecule has 0 aliphatic heterocycles. The van der Waals surface area contributed by atoms with Gasteiger partial charge in [-0.2, -0.15) is 0 Å². The van der Waals surface area contributed by atoms with E-state index in [1.807, 2.05) is 6.08 Å². The Morgan fingerprint density at radius 3 is 2.07 bits per heavy atom. The number of rotatable bonds is 4. The van der Waals surface area contributed by atoms with Gasteiger partial charge >= 0.3 is 6.36 Å². The molecule has 3 rings (SSSR count). The molecule has 2 saturated carbocycles. The molecule has 4 heteroatoms. The molecule has 0 unspecified atom stereocenters. The average molecular weight is 405 g/mol. The number of halogens is 3. The second kappa shape index (κ2) is 10.2. The fourth-order valence-electron chi connectivity index (χ4n) is 4.93. The highest BCUT2D eigenvalue weighted by atomic mass is 19.4. The van der Waals surface area contributed by atoms with Gasteiger partial charge in [-0.3, -0.25) is 0 Å². The number of ether oxygens (including phenoxy) is 1. The van der Waals surface area contributed by atoms with Crippen molar-refractivity contribution in [1.29, 1.82) is 0 Å². The second-order valence-corrected chi connectivity index (χ2v) is 8.56. The summed E-state index contributed by atoms with van der Waals surface area (Å²) in [7, 11) is 0. The molecule has 2 fully saturated rings. The smallest absolute Gasteiger partial charge is 0.406 e. The second-order valence-electron chi connectivity index (χ2n) is 8.56. The van der Waals surface area contributed by atoms with E-state index < -0.39 is 6.36 Å². The number of allylic oxidation sites excluding steroid dienone is 2. The maximum Gasteiger partial charge on any atom is 0.573 e. The quantitative estimate of drug-likeness (QED) is 0.472. The van der Waals surface area contributed by atoms with E-state index in [0.29, 0.717) is 11.5 Å². The molecule has 2 aliphatic carbocycles. The van der Waals surface area contributed by atoms with Crippen LogP contribution in [0.4, 0.5) is 13.2 Å². The lowest BCUT2D eigenvalue weighted by atomic mass is 9.69. The maximum atomic E-state index is 12.2. The van der Waals surface area contributed by atoms with Crippen molar-refractivity contribution in [3.05, 3.63) is 42.0 Å². The van der Waals surface area contributed by atoms with Crippen LogP contribution in [0.3, 0.4) is 0 Å². The van der Waals surface area contributed by atoms with E-state index >= 15 is 0 Å². The van der Waals surface area contributed by atoms with Gasteiger partial charge in [0.15, 0.2) is 0 Å². The Hall–Kier alpha value is -1.89. The number of hydrogen-bond acceptors (Lipinski definition) is 1. The summed E-state index contributed by atoms with van der Waals surface area (Å²) in [6.07, 6.45) is 11.7. The van der Waals surface area contributed by atoms with Gasteiger partial charge in [0, 0.05) is 5.56 Å². The zero-order valence-electron chi connectivity index (χ0n) is 17.2. The Kier molecular flexibility index (Phi) is 7.70. The van der Waals surface area contributed by atoms with E-state index in [1.54, 1.807) is 12.1 Å². The van der Waals surface area contributed by atoms with Crippen LogP contribution in [0.15, 0.2) is 36.4 Å². The van der Waals surface area contributed by atoms with E-state index in [0.717, 1.165) is 17.8 Å². The van der Waals surface area contributed by atoms with Crippen molar-refractivity contribution in [3.8, 4) is 17.6 Å². The van der Waals surface area contributed by atoms with Crippen molar-refractivity contribution in [3.63, 3.8) is 0 Å². The molecule has 0 radical (unpaired) electrons. The lowest BCUT2D eigenvalue weighted by molar-refractivity contribution is -0.274. The molecular formula is C25H31F3O. The fraction of sp³-hybridized carbons (Fsp3) is 0.600. The van der Waals surface area contributed by atoms with Gasteiger partial charge in [-0.1, -0.05) is 44.1 Å². The number of alkyl halides is 3. The molecule has 0 spiro atoms. The first-order chi connectivity index (χ1) is 13.9.